The summed E-state index contributed by atoms with van der Waals surface area (Å²) < 4.78 is 12.3. The van der Waals surface area contributed by atoms with Gasteiger partial charge in [-0.05, 0) is 38.2 Å². The van der Waals surface area contributed by atoms with Crippen molar-refractivity contribution in [1.82, 2.24) is 9.88 Å². The molecule has 2 N–H and O–H groups in total. The Morgan fingerprint density at radius 2 is 2.36 bits per heavy atom. The second-order valence-electron chi connectivity index (χ2n) is 6.49. The number of nitrogens with two attached hydrogens (primary N) is 1. The highest BCUT2D eigenvalue weighted by molar-refractivity contribution is 7.18. The van der Waals surface area contributed by atoms with E-state index in [0.29, 0.717) is 18.3 Å². The molecule has 0 aliphatic carbocycles. The summed E-state index contributed by atoms with van der Waals surface area (Å²) >= 11 is 1.65. The molecule has 2 heterocycles. The van der Waals surface area contributed by atoms with Crippen LogP contribution in [0.4, 0.5) is 0 Å². The maximum Gasteiger partial charge on any atom is 0.297 e. The molecular weight excluding hydrogens is 337 g/mol. The minimum absolute atomic E-state index is 0.0830. The number of ketones is 1. The van der Waals surface area contributed by atoms with Gasteiger partial charge in [-0.1, -0.05) is 6.92 Å². The highest BCUT2D eigenvalue weighted by Crippen LogP contribution is 2.25. The zero-order valence-corrected chi connectivity index (χ0v) is 15.6. The Morgan fingerprint density at radius 1 is 1.52 bits per heavy atom. The number of carbonyl (C=O) groups is 1. The first kappa shape index (κ1) is 18.3. The number of aromatic nitrogens is 1. The molecule has 134 valence electrons. The van der Waals surface area contributed by atoms with Gasteiger partial charge in [-0.2, -0.15) is 0 Å². The van der Waals surface area contributed by atoms with Gasteiger partial charge in [0.25, 0.3) is 6.92 Å². The highest BCUT2D eigenvalue weighted by atomic mass is 32.1. The number of benzene rings is 1. The summed E-state index contributed by atoms with van der Waals surface area (Å²) in [6.07, 6.45) is 1.82. The predicted molar refractivity (Wildman–Crippen MR) is 101 cm³/mol. The number of hydrogen-bond donors (Lipinski definition) is 1. The van der Waals surface area contributed by atoms with Gasteiger partial charge in [-0.15, -0.1) is 11.3 Å². The van der Waals surface area contributed by atoms with Gasteiger partial charge >= 0.3 is 0 Å². The molecule has 1 aliphatic heterocycles. The topological polar surface area (TPSA) is 77.7 Å². The molecule has 0 unspecified atom stereocenters. The van der Waals surface area contributed by atoms with Crippen LogP contribution in [0.3, 0.4) is 0 Å². The summed E-state index contributed by atoms with van der Waals surface area (Å²) in [6.45, 7) is 5.91. The predicted octanol–water partition coefficient (Wildman–Crippen LogP) is 2.18. The largest absolute Gasteiger partial charge is 0.486 e. The van der Waals surface area contributed by atoms with E-state index in [4.69, 9.17) is 15.1 Å². The van der Waals surface area contributed by atoms with E-state index in [9.17, 15) is 4.79 Å². The molecule has 1 atom stereocenters. The Kier molecular flexibility index (Phi) is 6.06. The van der Waals surface area contributed by atoms with Crippen LogP contribution in [-0.2, 0) is 9.45 Å². The Hall–Kier alpha value is -1.48. The van der Waals surface area contributed by atoms with Crippen molar-refractivity contribution < 1.29 is 14.2 Å². The number of Topliss-reactive ketones (excluding diaryl/α,β-unsaturated/α-hetero) is 1. The minimum atomic E-state index is 0.0830. The molecule has 6 nitrogen and oxygen atoms in total. The smallest absolute Gasteiger partial charge is 0.297 e. The fourth-order valence-electron chi connectivity index (χ4n) is 3.25. The molecule has 1 aliphatic rings. The maximum atomic E-state index is 12.3. The quantitative estimate of drug-likeness (QED) is 0.602. The number of hydrogen-bond acceptors (Lipinski definition) is 7. The third-order valence-electron chi connectivity index (χ3n) is 4.54. The molecule has 8 heteroatoms. The van der Waals surface area contributed by atoms with Crippen molar-refractivity contribution in [3.8, 4) is 5.75 Å². The van der Waals surface area contributed by atoms with Gasteiger partial charge in [0.2, 0.25) is 0 Å². The third-order valence-corrected chi connectivity index (χ3v) is 5.49. The van der Waals surface area contributed by atoms with E-state index < -0.39 is 0 Å². The second kappa shape index (κ2) is 8.27. The summed E-state index contributed by atoms with van der Waals surface area (Å²) in [6, 6.07) is 6.09. The van der Waals surface area contributed by atoms with Crippen molar-refractivity contribution >= 4 is 34.3 Å². The molecular formula is C17H24BN3O3S. The number of thiazole rings is 1. The monoisotopic (exact) mass is 361 g/mol. The van der Waals surface area contributed by atoms with E-state index >= 15 is 0 Å². The van der Waals surface area contributed by atoms with E-state index in [1.54, 1.807) is 11.3 Å². The first-order valence-electron chi connectivity index (χ1n) is 8.62. The van der Waals surface area contributed by atoms with Crippen LogP contribution in [0.15, 0.2) is 18.2 Å². The molecule has 3 rings (SSSR count). The fourth-order valence-corrected chi connectivity index (χ4v) is 4.06. The van der Waals surface area contributed by atoms with E-state index in [1.165, 1.54) is 0 Å². The van der Waals surface area contributed by atoms with E-state index in [1.807, 2.05) is 25.1 Å². The molecule has 1 saturated heterocycles. The summed E-state index contributed by atoms with van der Waals surface area (Å²) in [5.41, 5.74) is 6.36. The summed E-state index contributed by atoms with van der Waals surface area (Å²) in [5.74, 6) is 0.772. The first-order valence-corrected chi connectivity index (χ1v) is 9.44. The Morgan fingerprint density at radius 3 is 3.12 bits per heavy atom. The van der Waals surface area contributed by atoms with Crippen LogP contribution in [-0.4, -0.2) is 55.1 Å². The second-order valence-corrected chi connectivity index (χ2v) is 7.72. The van der Waals surface area contributed by atoms with Crippen LogP contribution in [0, 0.1) is 6.92 Å². The normalized spacial score (nSPS) is 18.7. The molecule has 1 aromatic carbocycles. The van der Waals surface area contributed by atoms with Crippen molar-refractivity contribution in [2.45, 2.75) is 32.5 Å². The van der Waals surface area contributed by atoms with Gasteiger partial charge in [0, 0.05) is 12.1 Å². The number of aryl methyl sites for hydroxylation is 1. The summed E-state index contributed by atoms with van der Waals surface area (Å²) in [7, 11) is 0. The van der Waals surface area contributed by atoms with Gasteiger partial charge in [-0.3, -0.25) is 9.69 Å². The van der Waals surface area contributed by atoms with Crippen molar-refractivity contribution in [1.29, 1.82) is 0 Å². The number of rotatable bonds is 7. The van der Waals surface area contributed by atoms with Crippen molar-refractivity contribution in [3.63, 3.8) is 0 Å². The van der Waals surface area contributed by atoms with Crippen molar-refractivity contribution in [2.24, 2.45) is 5.73 Å². The van der Waals surface area contributed by atoms with E-state index in [2.05, 4.69) is 16.8 Å². The summed E-state index contributed by atoms with van der Waals surface area (Å²) in [4.78, 5) is 18.9. The lowest BCUT2D eigenvalue weighted by Crippen LogP contribution is -2.47. The summed E-state index contributed by atoms with van der Waals surface area (Å²) in [5, 5.41) is 1.03. The molecule has 1 fully saturated rings. The Balaban J connectivity index is 1.49. The number of fused-ring (bicyclic) bond motifs is 1. The van der Waals surface area contributed by atoms with Crippen LogP contribution in [0.25, 0.3) is 10.2 Å². The standard InChI is InChI=1S/C17H24BN3O3S/c1-12-8-18(24-11-19)5-6-21(12)9-14(22)10-23-15-3-4-17-16(7-15)20-13(2)25-17/h3-4,7,12H,5-6,8-11,19H2,1-2H3/t12-/m0/s1. The number of carbonyl (C=O) groups excluding carboxylic acids is 1. The SMILES string of the molecule is Cc1nc2cc(OCC(=O)CN3CCB(OCN)C[C@@H]3C)ccc2s1. The van der Waals surface area contributed by atoms with Crippen molar-refractivity contribution in [3.05, 3.63) is 23.2 Å². The van der Waals surface area contributed by atoms with Crippen LogP contribution in [0.5, 0.6) is 5.75 Å². The molecule has 2 aromatic rings. The van der Waals surface area contributed by atoms with Crippen molar-refractivity contribution in [2.75, 3.05) is 26.4 Å². The Bertz CT molecular complexity index is 739. The van der Waals surface area contributed by atoms with Crippen LogP contribution in [0.1, 0.15) is 11.9 Å². The van der Waals surface area contributed by atoms with E-state index in [-0.39, 0.29) is 26.0 Å². The van der Waals surface area contributed by atoms with Crippen LogP contribution in [0.2, 0.25) is 12.6 Å². The fraction of sp³-hybridized carbons (Fsp3) is 0.529. The van der Waals surface area contributed by atoms with Gasteiger partial charge in [0.15, 0.2) is 5.78 Å². The lowest BCUT2D eigenvalue weighted by atomic mass is 9.57. The molecule has 25 heavy (non-hydrogen) atoms. The highest BCUT2D eigenvalue weighted by Gasteiger charge is 2.30. The average Bonchev–Trinajstić information content (AvgIpc) is 2.95. The number of nitrogens with zero attached hydrogens (tertiary/aromatic N) is 2. The lowest BCUT2D eigenvalue weighted by molar-refractivity contribution is -0.122. The average molecular weight is 361 g/mol. The minimum Gasteiger partial charge on any atom is -0.486 e. The lowest BCUT2D eigenvalue weighted by Gasteiger charge is -2.35. The van der Waals surface area contributed by atoms with Gasteiger partial charge in [-0.25, -0.2) is 4.98 Å². The molecule has 1 aromatic heterocycles. The van der Waals surface area contributed by atoms with Gasteiger partial charge in [0.05, 0.1) is 28.5 Å². The molecule has 0 amide bonds. The zero-order chi connectivity index (χ0) is 17.8. The molecule has 0 spiro atoms. The molecule has 0 radical (unpaired) electrons. The Labute approximate surface area is 152 Å². The third kappa shape index (κ3) is 4.79. The van der Waals surface area contributed by atoms with Crippen LogP contribution < -0.4 is 10.5 Å². The molecule has 0 bridgehead atoms. The van der Waals surface area contributed by atoms with Crippen LogP contribution >= 0.6 is 11.3 Å². The van der Waals surface area contributed by atoms with E-state index in [0.717, 1.165) is 34.4 Å². The molecule has 0 saturated carbocycles. The first-order chi connectivity index (χ1) is 12.0. The van der Waals surface area contributed by atoms with Gasteiger partial charge in [0.1, 0.15) is 12.4 Å². The van der Waals surface area contributed by atoms with Gasteiger partial charge < -0.3 is 15.1 Å². The number of ether oxygens (including phenoxy) is 1. The maximum absolute atomic E-state index is 12.3. The zero-order valence-electron chi connectivity index (χ0n) is 14.7.